The number of pyridine rings is 1. The minimum atomic E-state index is -0.224. The SMILES string of the molecule is Cc1ccc(NC(=O)C2CCCN(C(=O)Nc3ccccc3)C2)nc1. The third-order valence-corrected chi connectivity index (χ3v) is 4.27. The molecule has 1 aromatic carbocycles. The average molecular weight is 338 g/mol. The molecule has 0 bridgehead atoms. The van der Waals surface area contributed by atoms with Crippen LogP contribution in [0, 0.1) is 12.8 Å². The van der Waals surface area contributed by atoms with Crippen molar-refractivity contribution in [2.75, 3.05) is 23.7 Å². The third kappa shape index (κ3) is 4.56. The smallest absolute Gasteiger partial charge is 0.321 e. The Labute approximate surface area is 147 Å². The average Bonchev–Trinajstić information content (AvgIpc) is 2.64. The fraction of sp³-hybridized carbons (Fsp3) is 0.316. The zero-order valence-corrected chi connectivity index (χ0v) is 14.2. The highest BCUT2D eigenvalue weighted by atomic mass is 16.2. The number of aryl methyl sites for hydroxylation is 1. The molecule has 2 N–H and O–H groups in total. The first-order chi connectivity index (χ1) is 12.1. The maximum Gasteiger partial charge on any atom is 0.321 e. The van der Waals surface area contributed by atoms with Crippen molar-refractivity contribution in [3.8, 4) is 0 Å². The molecule has 6 nitrogen and oxygen atoms in total. The third-order valence-electron chi connectivity index (χ3n) is 4.27. The number of piperidine rings is 1. The van der Waals surface area contributed by atoms with Crippen molar-refractivity contribution in [1.82, 2.24) is 9.88 Å². The first kappa shape index (κ1) is 17.0. The second-order valence-electron chi connectivity index (χ2n) is 6.29. The van der Waals surface area contributed by atoms with E-state index in [9.17, 15) is 9.59 Å². The lowest BCUT2D eigenvalue weighted by Crippen LogP contribution is -2.45. The molecule has 1 aliphatic rings. The molecule has 2 aromatic rings. The number of benzene rings is 1. The van der Waals surface area contributed by atoms with Gasteiger partial charge in [0.2, 0.25) is 5.91 Å². The minimum absolute atomic E-state index is 0.0893. The number of aromatic nitrogens is 1. The molecule has 0 radical (unpaired) electrons. The van der Waals surface area contributed by atoms with Gasteiger partial charge in [-0.25, -0.2) is 9.78 Å². The van der Waals surface area contributed by atoms with Gasteiger partial charge in [0.15, 0.2) is 0 Å². The number of para-hydroxylation sites is 1. The second-order valence-corrected chi connectivity index (χ2v) is 6.29. The summed E-state index contributed by atoms with van der Waals surface area (Å²) >= 11 is 0. The van der Waals surface area contributed by atoms with E-state index in [2.05, 4.69) is 15.6 Å². The molecule has 0 spiro atoms. The van der Waals surface area contributed by atoms with Crippen molar-refractivity contribution >= 4 is 23.4 Å². The standard InChI is InChI=1S/C19H22N4O2/c1-14-9-10-17(20-12-14)22-18(24)15-6-5-11-23(13-15)19(25)21-16-7-3-2-4-8-16/h2-4,7-10,12,15H,5-6,11,13H2,1H3,(H,21,25)(H,20,22,24). The largest absolute Gasteiger partial charge is 0.324 e. The highest BCUT2D eigenvalue weighted by Gasteiger charge is 2.28. The molecular formula is C19H22N4O2. The van der Waals surface area contributed by atoms with Gasteiger partial charge in [0.05, 0.1) is 5.92 Å². The number of hydrogen-bond acceptors (Lipinski definition) is 3. The van der Waals surface area contributed by atoms with Crippen LogP contribution in [0.25, 0.3) is 0 Å². The molecule has 1 fully saturated rings. The maximum atomic E-state index is 12.5. The number of rotatable bonds is 3. The highest BCUT2D eigenvalue weighted by molar-refractivity contribution is 5.93. The maximum absolute atomic E-state index is 12.5. The van der Waals surface area contributed by atoms with Crippen LogP contribution in [-0.2, 0) is 4.79 Å². The predicted octanol–water partition coefficient (Wildman–Crippen LogP) is 3.27. The van der Waals surface area contributed by atoms with E-state index in [0.717, 1.165) is 24.1 Å². The van der Waals surface area contributed by atoms with Crippen LogP contribution < -0.4 is 10.6 Å². The van der Waals surface area contributed by atoms with E-state index in [0.29, 0.717) is 18.9 Å². The van der Waals surface area contributed by atoms with Crippen molar-refractivity contribution in [2.24, 2.45) is 5.92 Å². The lowest BCUT2D eigenvalue weighted by molar-refractivity contribution is -0.121. The van der Waals surface area contributed by atoms with Gasteiger partial charge >= 0.3 is 6.03 Å². The fourth-order valence-corrected chi connectivity index (χ4v) is 2.87. The molecule has 3 rings (SSSR count). The number of carbonyl (C=O) groups excluding carboxylic acids is 2. The van der Waals surface area contributed by atoms with Gasteiger partial charge in [-0.05, 0) is 43.5 Å². The molecule has 1 atom stereocenters. The van der Waals surface area contributed by atoms with Gasteiger partial charge in [-0.1, -0.05) is 24.3 Å². The summed E-state index contributed by atoms with van der Waals surface area (Å²) in [6.07, 6.45) is 3.30. The summed E-state index contributed by atoms with van der Waals surface area (Å²) in [5.41, 5.74) is 1.79. The molecule has 3 amide bonds. The number of anilines is 2. The number of amides is 3. The Morgan fingerprint density at radius 3 is 2.64 bits per heavy atom. The van der Waals surface area contributed by atoms with Crippen molar-refractivity contribution < 1.29 is 9.59 Å². The molecule has 6 heteroatoms. The van der Waals surface area contributed by atoms with E-state index in [4.69, 9.17) is 0 Å². The number of urea groups is 1. The van der Waals surface area contributed by atoms with E-state index in [1.165, 1.54) is 0 Å². The Hall–Kier alpha value is -2.89. The molecule has 1 saturated heterocycles. The first-order valence-corrected chi connectivity index (χ1v) is 8.46. The van der Waals surface area contributed by atoms with Gasteiger partial charge in [-0.15, -0.1) is 0 Å². The molecular weight excluding hydrogens is 316 g/mol. The summed E-state index contributed by atoms with van der Waals surface area (Å²) < 4.78 is 0. The predicted molar refractivity (Wildman–Crippen MR) is 97.4 cm³/mol. The van der Waals surface area contributed by atoms with Crippen LogP contribution in [0.2, 0.25) is 0 Å². The second kappa shape index (κ2) is 7.79. The van der Waals surface area contributed by atoms with Gasteiger partial charge < -0.3 is 15.5 Å². The molecule has 0 saturated carbocycles. The molecule has 130 valence electrons. The first-order valence-electron chi connectivity index (χ1n) is 8.46. The molecule has 1 aliphatic heterocycles. The highest BCUT2D eigenvalue weighted by Crippen LogP contribution is 2.19. The topological polar surface area (TPSA) is 74.3 Å². The van der Waals surface area contributed by atoms with Crippen molar-refractivity contribution in [3.05, 3.63) is 54.2 Å². The Morgan fingerprint density at radius 2 is 1.92 bits per heavy atom. The van der Waals surface area contributed by atoms with Gasteiger partial charge in [0, 0.05) is 25.0 Å². The minimum Gasteiger partial charge on any atom is -0.324 e. The zero-order valence-electron chi connectivity index (χ0n) is 14.2. The molecule has 25 heavy (non-hydrogen) atoms. The molecule has 1 unspecified atom stereocenters. The van der Waals surface area contributed by atoms with Gasteiger partial charge in [-0.3, -0.25) is 4.79 Å². The van der Waals surface area contributed by atoms with Crippen LogP contribution in [0.15, 0.2) is 48.7 Å². The van der Waals surface area contributed by atoms with Crippen LogP contribution in [-0.4, -0.2) is 34.9 Å². The number of carbonyl (C=O) groups is 2. The Bertz CT molecular complexity index is 731. The summed E-state index contributed by atoms with van der Waals surface area (Å²) in [5.74, 6) is 0.230. The monoisotopic (exact) mass is 338 g/mol. The van der Waals surface area contributed by atoms with Crippen LogP contribution >= 0.6 is 0 Å². The summed E-state index contributed by atoms with van der Waals surface area (Å²) in [4.78, 5) is 30.8. The summed E-state index contributed by atoms with van der Waals surface area (Å²) in [5, 5.41) is 5.71. The molecule has 1 aromatic heterocycles. The zero-order chi connectivity index (χ0) is 17.6. The summed E-state index contributed by atoms with van der Waals surface area (Å²) in [7, 11) is 0. The van der Waals surface area contributed by atoms with Crippen LogP contribution in [0.5, 0.6) is 0 Å². The van der Waals surface area contributed by atoms with Crippen LogP contribution in [0.1, 0.15) is 18.4 Å². The van der Waals surface area contributed by atoms with E-state index in [-0.39, 0.29) is 17.9 Å². The van der Waals surface area contributed by atoms with E-state index < -0.39 is 0 Å². The van der Waals surface area contributed by atoms with Crippen LogP contribution in [0.4, 0.5) is 16.3 Å². The summed E-state index contributed by atoms with van der Waals surface area (Å²) in [6, 6.07) is 12.9. The normalized spacial score (nSPS) is 17.0. The van der Waals surface area contributed by atoms with Gasteiger partial charge in [0.1, 0.15) is 5.82 Å². The Balaban J connectivity index is 1.57. The Kier molecular flexibility index (Phi) is 5.28. The Morgan fingerprint density at radius 1 is 1.12 bits per heavy atom. The lowest BCUT2D eigenvalue weighted by atomic mass is 9.97. The van der Waals surface area contributed by atoms with Crippen molar-refractivity contribution in [2.45, 2.75) is 19.8 Å². The number of hydrogen-bond donors (Lipinski definition) is 2. The van der Waals surface area contributed by atoms with Crippen LogP contribution in [0.3, 0.4) is 0 Å². The van der Waals surface area contributed by atoms with E-state index in [1.54, 1.807) is 17.2 Å². The summed E-state index contributed by atoms with van der Waals surface area (Å²) in [6.45, 7) is 3.02. The quantitative estimate of drug-likeness (QED) is 0.902. The van der Waals surface area contributed by atoms with E-state index >= 15 is 0 Å². The lowest BCUT2D eigenvalue weighted by Gasteiger charge is -2.32. The number of nitrogens with zero attached hydrogens (tertiary/aromatic N) is 2. The van der Waals surface area contributed by atoms with Gasteiger partial charge in [0.25, 0.3) is 0 Å². The van der Waals surface area contributed by atoms with Gasteiger partial charge in [-0.2, -0.15) is 0 Å². The molecule has 2 heterocycles. The van der Waals surface area contributed by atoms with Crippen molar-refractivity contribution in [1.29, 1.82) is 0 Å². The fourth-order valence-electron chi connectivity index (χ4n) is 2.87. The number of likely N-dealkylation sites (tertiary alicyclic amines) is 1. The van der Waals surface area contributed by atoms with Crippen molar-refractivity contribution in [3.63, 3.8) is 0 Å². The number of nitrogens with one attached hydrogen (secondary N) is 2. The van der Waals surface area contributed by atoms with E-state index in [1.807, 2.05) is 43.3 Å². The molecule has 0 aliphatic carbocycles.